The van der Waals surface area contributed by atoms with Crippen LogP contribution in [0, 0.1) is 40.5 Å². The maximum absolute atomic E-state index is 12.8. The van der Waals surface area contributed by atoms with Crippen LogP contribution in [0.3, 0.4) is 0 Å². The molecule has 0 saturated heterocycles. The molecule has 0 aliphatic rings. The van der Waals surface area contributed by atoms with E-state index in [9.17, 15) is 66.8 Å². The van der Waals surface area contributed by atoms with E-state index in [1.807, 2.05) is 0 Å². The smallest absolute Gasteiger partial charge is 0.360 e. The number of alkyl halides is 6. The Kier molecular flexibility index (Phi) is 14.1. The minimum Gasteiger partial charge on any atom is -0.360 e. The van der Waals surface area contributed by atoms with Gasteiger partial charge in [-0.2, -0.15) is 26.3 Å². The summed E-state index contributed by atoms with van der Waals surface area (Å²) in [5.74, 6) is 0. The van der Waals surface area contributed by atoms with Crippen LogP contribution in [0.4, 0.5) is 60.5 Å². The van der Waals surface area contributed by atoms with Gasteiger partial charge in [-0.3, -0.25) is 40.5 Å². The lowest BCUT2D eigenvalue weighted by Crippen LogP contribution is -2.27. The molecule has 0 radical (unpaired) electrons. The van der Waals surface area contributed by atoms with E-state index in [-0.39, 0.29) is 37.6 Å². The fraction of sp³-hybridized carbons (Fsp3) is 0.538. The Morgan fingerprint density at radius 2 is 0.696 bits per heavy atom. The van der Waals surface area contributed by atoms with Crippen molar-refractivity contribution in [1.82, 2.24) is 0 Å². The molecule has 0 spiro atoms. The molecule has 0 heterocycles. The van der Waals surface area contributed by atoms with Crippen molar-refractivity contribution in [2.24, 2.45) is 0 Å². The molecule has 0 fully saturated rings. The first-order valence-corrected chi connectivity index (χ1v) is 13.8. The molecule has 0 unspecified atom stereocenters. The lowest BCUT2D eigenvalue weighted by Gasteiger charge is -2.23. The second-order valence-corrected chi connectivity index (χ2v) is 9.72. The fourth-order valence-electron chi connectivity index (χ4n) is 4.49. The molecule has 14 nitrogen and oxygen atoms in total. The van der Waals surface area contributed by atoms with Gasteiger partial charge in [0.2, 0.25) is 0 Å². The molecule has 0 aromatic heterocycles. The van der Waals surface area contributed by atoms with Crippen LogP contribution in [0.2, 0.25) is 0 Å². The highest BCUT2D eigenvalue weighted by Crippen LogP contribution is 2.44. The normalized spacial score (nSPS) is 11.3. The number of nitro groups is 4. The third kappa shape index (κ3) is 10.1. The van der Waals surface area contributed by atoms with E-state index in [1.54, 1.807) is 27.7 Å². The van der Waals surface area contributed by atoms with E-state index in [2.05, 4.69) is 0 Å². The van der Waals surface area contributed by atoms with E-state index in [0.717, 1.165) is 0 Å². The minimum absolute atomic E-state index is 0.265. The van der Waals surface area contributed by atoms with E-state index < -0.39 is 65.9 Å². The standard InChI is InChI=1S/2C13H16F3N3O4/c2*1-3-5-17(6-4-2)12-10(18(20)21)7-9(13(14,15)16)8-11(12)19(22)23/h2*7-8H,3-6H2,1-2H3. The van der Waals surface area contributed by atoms with E-state index in [0.29, 0.717) is 49.9 Å². The first-order valence-electron chi connectivity index (χ1n) is 13.8. The van der Waals surface area contributed by atoms with E-state index in [1.165, 1.54) is 9.80 Å². The molecule has 0 aliphatic carbocycles. The molecule has 0 N–H and O–H groups in total. The van der Waals surface area contributed by atoms with Crippen LogP contribution in [0.15, 0.2) is 24.3 Å². The zero-order valence-corrected chi connectivity index (χ0v) is 25.2. The summed E-state index contributed by atoms with van der Waals surface area (Å²) in [6, 6.07) is 1.39. The molecule has 0 atom stereocenters. The second kappa shape index (κ2) is 16.5. The summed E-state index contributed by atoms with van der Waals surface area (Å²) in [6.45, 7) is 8.13. The Morgan fingerprint density at radius 1 is 0.500 bits per heavy atom. The van der Waals surface area contributed by atoms with Crippen LogP contribution in [0.25, 0.3) is 0 Å². The summed E-state index contributed by atoms with van der Waals surface area (Å²) < 4.78 is 77.1. The SMILES string of the molecule is CCCN(CCC)c1c([N+](=O)[O-])cc(C(F)(F)F)cc1[N+](=O)[O-].CCCN(CCC)c1c([N+](=O)[O-])cc(C(F)(F)F)cc1[N+](=O)[O-]. The van der Waals surface area contributed by atoms with Crippen LogP contribution >= 0.6 is 0 Å². The average molecular weight is 671 g/mol. The van der Waals surface area contributed by atoms with Gasteiger partial charge in [-0.05, 0) is 25.7 Å². The molecule has 0 saturated carbocycles. The van der Waals surface area contributed by atoms with Crippen LogP contribution < -0.4 is 9.80 Å². The molecule has 0 aliphatic heterocycles. The zero-order valence-electron chi connectivity index (χ0n) is 25.2. The summed E-state index contributed by atoms with van der Waals surface area (Å²) >= 11 is 0. The van der Waals surface area contributed by atoms with Crippen LogP contribution in [0.1, 0.15) is 64.5 Å². The van der Waals surface area contributed by atoms with Crippen molar-refractivity contribution in [3.63, 3.8) is 0 Å². The number of anilines is 2. The molecular weight excluding hydrogens is 638 g/mol. The predicted octanol–water partition coefficient (Wildman–Crippen LogP) is 8.30. The average Bonchev–Trinajstić information content (AvgIpc) is 2.94. The first kappa shape index (κ1) is 39.2. The van der Waals surface area contributed by atoms with Crippen molar-refractivity contribution >= 4 is 34.1 Å². The lowest BCUT2D eigenvalue weighted by molar-refractivity contribution is -0.393. The van der Waals surface area contributed by atoms with Gasteiger partial charge < -0.3 is 9.80 Å². The van der Waals surface area contributed by atoms with Crippen LogP contribution in [-0.2, 0) is 12.4 Å². The minimum atomic E-state index is -4.91. The second-order valence-electron chi connectivity index (χ2n) is 9.72. The first-order chi connectivity index (χ1) is 21.3. The Balaban J connectivity index is 0.000000460. The van der Waals surface area contributed by atoms with Gasteiger partial charge in [-0.15, -0.1) is 0 Å². The zero-order chi connectivity index (χ0) is 35.6. The number of rotatable bonds is 14. The molecule has 0 bridgehead atoms. The van der Waals surface area contributed by atoms with Crippen molar-refractivity contribution in [3.8, 4) is 0 Å². The van der Waals surface area contributed by atoms with Crippen LogP contribution in [0.5, 0.6) is 0 Å². The Labute approximate surface area is 258 Å². The number of nitrogens with zero attached hydrogens (tertiary/aromatic N) is 6. The van der Waals surface area contributed by atoms with Crippen molar-refractivity contribution < 1.29 is 46.0 Å². The van der Waals surface area contributed by atoms with Crippen molar-refractivity contribution in [2.45, 2.75) is 65.7 Å². The summed E-state index contributed by atoms with van der Waals surface area (Å²) in [4.78, 5) is 43.4. The maximum atomic E-state index is 12.8. The highest BCUT2D eigenvalue weighted by atomic mass is 19.4. The fourth-order valence-corrected chi connectivity index (χ4v) is 4.49. The number of halogens is 6. The van der Waals surface area contributed by atoms with Gasteiger partial charge >= 0.3 is 12.4 Å². The van der Waals surface area contributed by atoms with Gasteiger partial charge in [0.05, 0.1) is 30.8 Å². The van der Waals surface area contributed by atoms with Crippen molar-refractivity contribution in [1.29, 1.82) is 0 Å². The molecule has 20 heteroatoms. The topological polar surface area (TPSA) is 179 Å². The highest BCUT2D eigenvalue weighted by molar-refractivity contribution is 5.77. The highest BCUT2D eigenvalue weighted by Gasteiger charge is 2.40. The molecule has 0 amide bonds. The summed E-state index contributed by atoms with van der Waals surface area (Å²) in [5.41, 5.74) is -7.21. The predicted molar refractivity (Wildman–Crippen MR) is 155 cm³/mol. The molecule has 46 heavy (non-hydrogen) atoms. The largest absolute Gasteiger partial charge is 0.416 e. The van der Waals surface area contributed by atoms with Gasteiger partial charge in [-0.1, -0.05) is 27.7 Å². The monoisotopic (exact) mass is 670 g/mol. The molecule has 2 aromatic carbocycles. The van der Waals surface area contributed by atoms with Gasteiger partial charge in [0.1, 0.15) is 0 Å². The summed E-state index contributed by atoms with van der Waals surface area (Å²) in [5, 5.41) is 44.7. The van der Waals surface area contributed by atoms with Gasteiger partial charge in [0.25, 0.3) is 22.7 Å². The van der Waals surface area contributed by atoms with Crippen molar-refractivity contribution in [3.05, 3.63) is 75.8 Å². The third-order valence-electron chi connectivity index (χ3n) is 6.19. The lowest BCUT2D eigenvalue weighted by atomic mass is 10.1. The quantitative estimate of drug-likeness (QED) is 0.108. The summed E-state index contributed by atoms with van der Waals surface area (Å²) in [7, 11) is 0. The molecular formula is C26H32F6N6O8. The van der Waals surface area contributed by atoms with Gasteiger partial charge in [0.15, 0.2) is 11.4 Å². The molecule has 2 rings (SSSR count). The van der Waals surface area contributed by atoms with E-state index in [4.69, 9.17) is 0 Å². The Bertz CT molecular complexity index is 1230. The maximum Gasteiger partial charge on any atom is 0.416 e. The van der Waals surface area contributed by atoms with Crippen LogP contribution in [-0.4, -0.2) is 45.9 Å². The Hall–Kier alpha value is -4.78. The number of hydrogen-bond donors (Lipinski definition) is 0. The molecule has 256 valence electrons. The van der Waals surface area contributed by atoms with Gasteiger partial charge in [0, 0.05) is 50.4 Å². The van der Waals surface area contributed by atoms with Gasteiger partial charge in [-0.25, -0.2) is 0 Å². The number of hydrogen-bond acceptors (Lipinski definition) is 10. The Morgan fingerprint density at radius 3 is 0.826 bits per heavy atom. The molecule has 2 aromatic rings. The number of benzene rings is 2. The van der Waals surface area contributed by atoms with E-state index >= 15 is 0 Å². The number of nitro benzene ring substituents is 4. The third-order valence-corrected chi connectivity index (χ3v) is 6.19. The van der Waals surface area contributed by atoms with Crippen molar-refractivity contribution in [2.75, 3.05) is 36.0 Å². The summed E-state index contributed by atoms with van der Waals surface area (Å²) in [6.07, 6.45) is -7.67.